The second-order valence-corrected chi connectivity index (χ2v) is 8.34. The molecule has 0 unspecified atom stereocenters. The Balaban J connectivity index is 1.60. The predicted molar refractivity (Wildman–Crippen MR) is 125 cm³/mol. The van der Waals surface area contributed by atoms with Crippen molar-refractivity contribution in [2.75, 3.05) is 10.6 Å². The summed E-state index contributed by atoms with van der Waals surface area (Å²) in [7, 11) is 0. The smallest absolute Gasteiger partial charge is 0.240 e. The van der Waals surface area contributed by atoms with E-state index in [1.54, 1.807) is 49.4 Å². The molecule has 1 heterocycles. The number of nitrogens with one attached hydrogen (secondary N) is 3. The first-order valence-corrected chi connectivity index (χ1v) is 10.6. The molecule has 160 valence electrons. The van der Waals surface area contributed by atoms with E-state index in [1.807, 2.05) is 6.07 Å². The topological polar surface area (TPSA) is 112 Å². The SMILES string of the molecule is CC(=O)Nc1cccc(C(C)=NN=C2NC(=O)[C@@H](CC(=O)Nc3ccc(Cl)cc3)S2)c1. The first-order valence-electron chi connectivity index (χ1n) is 9.33. The molecule has 3 N–H and O–H groups in total. The van der Waals surface area contributed by atoms with Crippen molar-refractivity contribution in [3.63, 3.8) is 0 Å². The minimum absolute atomic E-state index is 0.000393. The number of amides is 3. The molecule has 1 aliphatic heterocycles. The van der Waals surface area contributed by atoms with Crippen LogP contribution in [-0.2, 0) is 14.4 Å². The molecule has 3 rings (SSSR count). The summed E-state index contributed by atoms with van der Waals surface area (Å²) in [5.74, 6) is -0.746. The van der Waals surface area contributed by atoms with Gasteiger partial charge in [0.15, 0.2) is 5.17 Å². The van der Waals surface area contributed by atoms with Crippen LogP contribution in [0.5, 0.6) is 0 Å². The number of rotatable bonds is 6. The summed E-state index contributed by atoms with van der Waals surface area (Å²) in [5, 5.41) is 16.6. The molecule has 3 amide bonds. The Morgan fingerprint density at radius 1 is 1.10 bits per heavy atom. The van der Waals surface area contributed by atoms with Gasteiger partial charge in [-0.15, -0.1) is 5.10 Å². The van der Waals surface area contributed by atoms with E-state index in [-0.39, 0.29) is 24.1 Å². The molecule has 1 saturated heterocycles. The van der Waals surface area contributed by atoms with Crippen LogP contribution in [0.2, 0.25) is 5.02 Å². The van der Waals surface area contributed by atoms with Gasteiger partial charge in [-0.25, -0.2) is 0 Å². The first kappa shape index (κ1) is 22.5. The van der Waals surface area contributed by atoms with Crippen LogP contribution in [-0.4, -0.2) is 33.9 Å². The zero-order valence-electron chi connectivity index (χ0n) is 16.8. The third kappa shape index (κ3) is 6.66. The molecule has 10 heteroatoms. The zero-order chi connectivity index (χ0) is 22.4. The molecule has 1 fully saturated rings. The summed E-state index contributed by atoms with van der Waals surface area (Å²) in [6, 6.07) is 13.9. The fourth-order valence-electron chi connectivity index (χ4n) is 2.70. The summed E-state index contributed by atoms with van der Waals surface area (Å²) in [5.41, 5.74) is 2.65. The van der Waals surface area contributed by atoms with Gasteiger partial charge in [0.2, 0.25) is 17.7 Å². The van der Waals surface area contributed by atoms with Crippen LogP contribution < -0.4 is 16.0 Å². The lowest BCUT2D eigenvalue weighted by molar-refractivity contribution is -0.122. The molecular weight excluding hydrogens is 438 g/mol. The average molecular weight is 458 g/mol. The Bertz CT molecular complexity index is 1070. The van der Waals surface area contributed by atoms with Crippen molar-refractivity contribution in [3.8, 4) is 0 Å². The minimum atomic E-state index is -0.593. The van der Waals surface area contributed by atoms with E-state index in [0.29, 0.717) is 27.3 Å². The molecule has 0 bridgehead atoms. The number of amidine groups is 1. The third-order valence-corrected chi connectivity index (χ3v) is 5.49. The molecule has 1 aliphatic rings. The maximum absolute atomic E-state index is 12.2. The molecule has 0 spiro atoms. The molecule has 0 radical (unpaired) electrons. The number of halogens is 1. The van der Waals surface area contributed by atoms with Crippen LogP contribution in [0.25, 0.3) is 0 Å². The van der Waals surface area contributed by atoms with E-state index >= 15 is 0 Å². The van der Waals surface area contributed by atoms with Crippen molar-refractivity contribution < 1.29 is 14.4 Å². The zero-order valence-corrected chi connectivity index (χ0v) is 18.4. The summed E-state index contributed by atoms with van der Waals surface area (Å²) in [6.45, 7) is 3.21. The monoisotopic (exact) mass is 457 g/mol. The molecule has 8 nitrogen and oxygen atoms in total. The van der Waals surface area contributed by atoms with Crippen molar-refractivity contribution in [1.29, 1.82) is 0 Å². The summed E-state index contributed by atoms with van der Waals surface area (Å²) in [4.78, 5) is 35.6. The number of thioether (sulfide) groups is 1. The Morgan fingerprint density at radius 3 is 2.55 bits per heavy atom. The minimum Gasteiger partial charge on any atom is -0.326 e. The Morgan fingerprint density at radius 2 is 1.84 bits per heavy atom. The average Bonchev–Trinajstić information content (AvgIpc) is 3.06. The van der Waals surface area contributed by atoms with E-state index < -0.39 is 5.25 Å². The van der Waals surface area contributed by atoms with E-state index in [4.69, 9.17) is 11.6 Å². The summed E-state index contributed by atoms with van der Waals surface area (Å²) >= 11 is 6.98. The lowest BCUT2D eigenvalue weighted by atomic mass is 10.1. The number of carbonyl (C=O) groups is 3. The number of anilines is 2. The second-order valence-electron chi connectivity index (χ2n) is 6.71. The molecular formula is C21H20ClN5O3S. The lowest BCUT2D eigenvalue weighted by Gasteiger charge is -2.07. The van der Waals surface area contributed by atoms with Crippen molar-refractivity contribution >= 4 is 63.3 Å². The highest BCUT2D eigenvalue weighted by Crippen LogP contribution is 2.23. The number of benzene rings is 2. The van der Waals surface area contributed by atoms with Gasteiger partial charge in [0, 0.05) is 29.7 Å². The maximum atomic E-state index is 12.2. The van der Waals surface area contributed by atoms with Gasteiger partial charge in [-0.05, 0) is 48.9 Å². The van der Waals surface area contributed by atoms with Gasteiger partial charge < -0.3 is 16.0 Å². The van der Waals surface area contributed by atoms with Gasteiger partial charge in [0.25, 0.3) is 0 Å². The maximum Gasteiger partial charge on any atom is 0.240 e. The van der Waals surface area contributed by atoms with Crippen LogP contribution in [0.4, 0.5) is 11.4 Å². The summed E-state index contributed by atoms with van der Waals surface area (Å²) in [6.07, 6.45) is -0.000393. The third-order valence-electron chi connectivity index (χ3n) is 4.17. The number of carbonyl (C=O) groups excluding carboxylic acids is 3. The van der Waals surface area contributed by atoms with Crippen LogP contribution in [0.15, 0.2) is 58.7 Å². The van der Waals surface area contributed by atoms with Crippen molar-refractivity contribution in [2.24, 2.45) is 10.2 Å². The quantitative estimate of drug-likeness (QED) is 0.454. The van der Waals surface area contributed by atoms with Crippen molar-refractivity contribution in [3.05, 3.63) is 59.1 Å². The second kappa shape index (κ2) is 10.2. The highest BCUT2D eigenvalue weighted by Gasteiger charge is 2.32. The van der Waals surface area contributed by atoms with Crippen LogP contribution in [0.3, 0.4) is 0 Å². The van der Waals surface area contributed by atoms with Gasteiger partial charge in [-0.3, -0.25) is 14.4 Å². The Labute approximate surface area is 188 Å². The molecule has 1 atom stereocenters. The number of nitrogens with zero attached hydrogens (tertiary/aromatic N) is 2. The lowest BCUT2D eigenvalue weighted by Crippen LogP contribution is -2.28. The largest absolute Gasteiger partial charge is 0.326 e. The predicted octanol–water partition coefficient (Wildman–Crippen LogP) is 3.64. The number of hydrogen-bond acceptors (Lipinski definition) is 6. The normalized spacial score (nSPS) is 17.4. The van der Waals surface area contributed by atoms with Crippen molar-refractivity contribution in [1.82, 2.24) is 5.32 Å². The molecule has 0 aromatic heterocycles. The Kier molecular flexibility index (Phi) is 7.43. The number of hydrogen-bond donors (Lipinski definition) is 3. The van der Waals surface area contributed by atoms with E-state index in [2.05, 4.69) is 26.2 Å². The standard InChI is InChI=1S/C21H20ClN5O3S/c1-12(14-4-3-5-17(10-14)23-13(2)28)26-27-21-25-20(30)18(31-21)11-19(29)24-16-8-6-15(22)7-9-16/h3-10,18H,11H2,1-2H3,(H,23,28)(H,24,29)(H,25,27,30)/t18-/m1/s1. The van der Waals surface area contributed by atoms with Crippen LogP contribution in [0.1, 0.15) is 25.8 Å². The molecule has 0 saturated carbocycles. The van der Waals surface area contributed by atoms with E-state index in [9.17, 15) is 14.4 Å². The molecule has 31 heavy (non-hydrogen) atoms. The van der Waals surface area contributed by atoms with Gasteiger partial charge in [0.1, 0.15) is 5.25 Å². The van der Waals surface area contributed by atoms with Crippen LogP contribution in [0, 0.1) is 0 Å². The highest BCUT2D eigenvalue weighted by atomic mass is 35.5. The summed E-state index contributed by atoms with van der Waals surface area (Å²) < 4.78 is 0. The van der Waals surface area contributed by atoms with E-state index in [1.165, 1.54) is 6.92 Å². The molecule has 2 aromatic carbocycles. The molecule has 0 aliphatic carbocycles. The van der Waals surface area contributed by atoms with Crippen molar-refractivity contribution in [2.45, 2.75) is 25.5 Å². The van der Waals surface area contributed by atoms with Crippen LogP contribution >= 0.6 is 23.4 Å². The molecule has 2 aromatic rings. The fraction of sp³-hybridized carbons (Fsp3) is 0.190. The first-order chi connectivity index (χ1) is 14.8. The Hall–Kier alpha value is -3.17. The fourth-order valence-corrected chi connectivity index (χ4v) is 3.75. The van der Waals surface area contributed by atoms with Gasteiger partial charge in [-0.1, -0.05) is 35.5 Å². The highest BCUT2D eigenvalue weighted by molar-refractivity contribution is 8.15. The van der Waals surface area contributed by atoms with E-state index in [0.717, 1.165) is 17.3 Å². The van der Waals surface area contributed by atoms with Gasteiger partial charge in [0.05, 0.1) is 5.71 Å². The van der Waals surface area contributed by atoms with Gasteiger partial charge in [-0.2, -0.15) is 5.10 Å². The van der Waals surface area contributed by atoms with Gasteiger partial charge >= 0.3 is 0 Å².